The summed E-state index contributed by atoms with van der Waals surface area (Å²) in [5.74, 6) is 0.0202. The number of pyridine rings is 2. The van der Waals surface area contributed by atoms with E-state index in [1.54, 1.807) is 13.8 Å². The normalized spacial score (nSPS) is 11.6. The Balaban J connectivity index is 1.25. The number of carbonyl (C=O) groups excluding carboxylic acids is 1. The summed E-state index contributed by atoms with van der Waals surface area (Å²) in [6.07, 6.45) is 4.75. The number of aromatic nitrogens is 2. The molecule has 0 radical (unpaired) electrons. The summed E-state index contributed by atoms with van der Waals surface area (Å²) in [4.78, 5) is 22.5. The lowest BCUT2D eigenvalue weighted by atomic mass is 9.86. The van der Waals surface area contributed by atoms with Crippen LogP contribution in [-0.4, -0.2) is 20.9 Å². The van der Waals surface area contributed by atoms with Gasteiger partial charge in [-0.3, -0.25) is 14.8 Å². The molecular weight excluding hydrogens is 745 g/mol. The number of nitrogens with zero attached hydrogens (tertiary/aromatic N) is 2. The number of aliphatic hydroxyl groups excluding tert-OH is 1. The highest BCUT2D eigenvalue weighted by Gasteiger charge is 2.17. The van der Waals surface area contributed by atoms with Crippen molar-refractivity contribution in [2.45, 2.75) is 54.4 Å². The maximum atomic E-state index is 13.1. The number of aryl methyl sites for hydroxylation is 5. The largest absolute Gasteiger partial charge is 0.512 e. The molecule has 4 heteroatoms. The minimum absolute atomic E-state index is 0.0503. The topological polar surface area (TPSA) is 63.1 Å². The molecular formula is C57H50N2O2. The summed E-state index contributed by atoms with van der Waals surface area (Å²) in [5.41, 5.74) is 21.5. The Kier molecular flexibility index (Phi) is 11.7. The van der Waals surface area contributed by atoms with Crippen molar-refractivity contribution in [2.24, 2.45) is 0 Å². The van der Waals surface area contributed by atoms with Crippen LogP contribution in [0.1, 0.15) is 48.1 Å². The highest BCUT2D eigenvalue weighted by molar-refractivity contribution is 5.96. The molecule has 0 bridgehead atoms. The van der Waals surface area contributed by atoms with E-state index in [-0.39, 0.29) is 11.5 Å². The van der Waals surface area contributed by atoms with E-state index in [4.69, 9.17) is 9.97 Å². The molecule has 0 aliphatic heterocycles. The number of allylic oxidation sites excluding steroid dienone is 2. The van der Waals surface area contributed by atoms with Crippen LogP contribution >= 0.6 is 0 Å². The van der Waals surface area contributed by atoms with Crippen molar-refractivity contribution in [1.82, 2.24) is 9.97 Å². The van der Waals surface area contributed by atoms with Crippen molar-refractivity contribution >= 4 is 5.78 Å². The zero-order valence-corrected chi connectivity index (χ0v) is 35.8. The SMILES string of the molecule is CC(O)=C(C)C(=O)CCc1ccccc1-c1cc(-c2ccccc2-c2ccc(-c3cc(C)c(C)cn3)cc2)cc(-c2ccccc2-c2ccc(-c3cc(C)c(C)cn3)cc2)c1. The van der Waals surface area contributed by atoms with Crippen LogP contribution in [-0.2, 0) is 11.2 Å². The fraction of sp³-hybridized carbons (Fsp3) is 0.140. The fourth-order valence-corrected chi connectivity index (χ4v) is 7.93. The first kappa shape index (κ1) is 40.6. The molecule has 0 fully saturated rings. The Morgan fingerprint density at radius 2 is 0.803 bits per heavy atom. The minimum Gasteiger partial charge on any atom is -0.512 e. The first-order valence-corrected chi connectivity index (χ1v) is 20.9. The van der Waals surface area contributed by atoms with E-state index >= 15 is 0 Å². The van der Waals surface area contributed by atoms with Gasteiger partial charge in [0.1, 0.15) is 0 Å². The third-order valence-electron chi connectivity index (χ3n) is 12.0. The van der Waals surface area contributed by atoms with Crippen molar-refractivity contribution < 1.29 is 9.90 Å². The lowest BCUT2D eigenvalue weighted by Crippen LogP contribution is -2.04. The number of Topliss-reactive ketones (excluding diaryl/α,β-unsaturated/α-hetero) is 1. The number of aliphatic hydroxyl groups is 1. The maximum Gasteiger partial charge on any atom is 0.162 e. The predicted molar refractivity (Wildman–Crippen MR) is 253 cm³/mol. The number of carbonyl (C=O) groups is 1. The third kappa shape index (κ3) is 8.76. The maximum absolute atomic E-state index is 13.1. The molecule has 4 nitrogen and oxygen atoms in total. The summed E-state index contributed by atoms with van der Waals surface area (Å²) in [6.45, 7) is 11.7. The molecule has 0 unspecified atom stereocenters. The Morgan fingerprint density at radius 1 is 0.443 bits per heavy atom. The highest BCUT2D eigenvalue weighted by atomic mass is 16.3. The first-order chi connectivity index (χ1) is 29.5. The molecule has 0 saturated carbocycles. The van der Waals surface area contributed by atoms with Crippen LogP contribution in [0.15, 0.2) is 175 Å². The third-order valence-corrected chi connectivity index (χ3v) is 12.0. The molecule has 0 amide bonds. The van der Waals surface area contributed by atoms with Gasteiger partial charge < -0.3 is 5.11 Å². The quantitative estimate of drug-likeness (QED) is 0.105. The summed E-state index contributed by atoms with van der Waals surface area (Å²) in [5, 5.41) is 10.0. The standard InChI is InChI=1S/C57H50N2O2/c1-36-29-55(58-34-38(36)3)45-23-19-43(20-24-45)51-15-9-11-17-53(51)48-31-47(50-14-8-7-13-42(50)27-28-57(61)40(5)41(6)60)32-49(33-48)54-18-12-10-16-52(54)44-21-25-46(26-22-44)56-30-37(2)39(4)35-59-56/h7-26,29-35,60H,27-28H2,1-6H3. The second kappa shape index (κ2) is 17.6. The van der Waals surface area contributed by atoms with Gasteiger partial charge in [-0.25, -0.2) is 0 Å². The van der Waals surface area contributed by atoms with Crippen molar-refractivity contribution in [1.29, 1.82) is 0 Å². The second-order valence-electron chi connectivity index (χ2n) is 16.1. The van der Waals surface area contributed by atoms with E-state index < -0.39 is 0 Å². The first-order valence-electron chi connectivity index (χ1n) is 20.9. The Bertz CT molecular complexity index is 2780. The molecule has 8 aromatic rings. The molecule has 300 valence electrons. The lowest BCUT2D eigenvalue weighted by Gasteiger charge is -2.18. The van der Waals surface area contributed by atoms with E-state index in [0.29, 0.717) is 18.4 Å². The molecule has 1 N–H and O–H groups in total. The van der Waals surface area contributed by atoms with Crippen LogP contribution in [0.2, 0.25) is 0 Å². The number of rotatable bonds is 11. The molecule has 61 heavy (non-hydrogen) atoms. The monoisotopic (exact) mass is 794 g/mol. The van der Waals surface area contributed by atoms with Crippen LogP contribution in [0.4, 0.5) is 0 Å². The van der Waals surface area contributed by atoms with Gasteiger partial charge in [-0.2, -0.15) is 0 Å². The molecule has 0 atom stereocenters. The van der Waals surface area contributed by atoms with E-state index in [9.17, 15) is 9.90 Å². The van der Waals surface area contributed by atoms with Crippen molar-refractivity contribution in [3.05, 3.63) is 203 Å². The van der Waals surface area contributed by atoms with Gasteiger partial charge in [0, 0.05) is 35.5 Å². The Labute approximate surface area is 360 Å². The van der Waals surface area contributed by atoms with Gasteiger partial charge in [0.05, 0.1) is 17.1 Å². The van der Waals surface area contributed by atoms with Crippen LogP contribution < -0.4 is 0 Å². The van der Waals surface area contributed by atoms with Crippen LogP contribution in [0, 0.1) is 27.7 Å². The van der Waals surface area contributed by atoms with Gasteiger partial charge in [-0.15, -0.1) is 0 Å². The summed E-state index contributed by atoms with van der Waals surface area (Å²) >= 11 is 0. The summed E-state index contributed by atoms with van der Waals surface area (Å²) < 4.78 is 0. The number of benzene rings is 6. The van der Waals surface area contributed by atoms with Gasteiger partial charge in [0.25, 0.3) is 0 Å². The van der Waals surface area contributed by atoms with Crippen molar-refractivity contribution in [3.63, 3.8) is 0 Å². The van der Waals surface area contributed by atoms with E-state index in [0.717, 1.165) is 83.7 Å². The molecule has 0 saturated heterocycles. The van der Waals surface area contributed by atoms with Gasteiger partial charge in [-0.05, 0) is 162 Å². The van der Waals surface area contributed by atoms with Gasteiger partial charge in [-0.1, -0.05) is 121 Å². The number of ketones is 1. The average Bonchev–Trinajstić information content (AvgIpc) is 3.29. The van der Waals surface area contributed by atoms with E-state index in [1.165, 1.54) is 22.3 Å². The van der Waals surface area contributed by atoms with Gasteiger partial charge in [0.15, 0.2) is 5.78 Å². The molecule has 0 spiro atoms. The van der Waals surface area contributed by atoms with Gasteiger partial charge in [0.2, 0.25) is 0 Å². The smallest absolute Gasteiger partial charge is 0.162 e. The molecule has 6 aromatic carbocycles. The van der Waals surface area contributed by atoms with Crippen LogP contribution in [0.3, 0.4) is 0 Å². The zero-order valence-electron chi connectivity index (χ0n) is 35.8. The molecule has 2 aromatic heterocycles. The molecule has 0 aliphatic carbocycles. The van der Waals surface area contributed by atoms with Crippen molar-refractivity contribution in [3.8, 4) is 78.1 Å². The van der Waals surface area contributed by atoms with E-state index in [1.807, 2.05) is 18.5 Å². The molecule has 8 rings (SSSR count). The highest BCUT2D eigenvalue weighted by Crippen LogP contribution is 2.41. The van der Waals surface area contributed by atoms with Crippen LogP contribution in [0.5, 0.6) is 0 Å². The number of hydrogen-bond donors (Lipinski definition) is 1. The van der Waals surface area contributed by atoms with Crippen LogP contribution in [0.25, 0.3) is 78.1 Å². The fourth-order valence-electron chi connectivity index (χ4n) is 7.93. The van der Waals surface area contributed by atoms with E-state index in [2.05, 4.69) is 173 Å². The second-order valence-corrected chi connectivity index (χ2v) is 16.1. The lowest BCUT2D eigenvalue weighted by molar-refractivity contribution is -0.115. The summed E-state index contributed by atoms with van der Waals surface area (Å²) in [7, 11) is 0. The Hall–Kier alpha value is -7.17. The average molecular weight is 795 g/mol. The van der Waals surface area contributed by atoms with Crippen molar-refractivity contribution in [2.75, 3.05) is 0 Å². The van der Waals surface area contributed by atoms with Gasteiger partial charge >= 0.3 is 0 Å². The number of hydrogen-bond acceptors (Lipinski definition) is 4. The Morgan fingerprint density at radius 3 is 1.21 bits per heavy atom. The molecule has 0 aliphatic rings. The molecule has 2 heterocycles. The summed E-state index contributed by atoms with van der Waals surface area (Å²) in [6, 6.07) is 54.2. The minimum atomic E-state index is -0.0503. The zero-order chi connectivity index (χ0) is 42.6. The predicted octanol–water partition coefficient (Wildman–Crippen LogP) is 14.7.